The molecule has 0 aliphatic heterocycles. The molecule has 0 saturated carbocycles. The fraction of sp³-hybridized carbons (Fsp3) is 0.583. The highest BCUT2D eigenvalue weighted by molar-refractivity contribution is 5.80. The van der Waals surface area contributed by atoms with Gasteiger partial charge in [-0.15, -0.1) is 0 Å². The van der Waals surface area contributed by atoms with Gasteiger partial charge in [-0.1, -0.05) is 6.92 Å². The molecule has 18 heavy (non-hydrogen) atoms. The molecule has 1 amide bonds. The molecule has 2 N–H and O–H groups in total. The Morgan fingerprint density at radius 2 is 1.83 bits per heavy atom. The number of nitrogens with zero attached hydrogens (tertiary/aromatic N) is 3. The van der Waals surface area contributed by atoms with Gasteiger partial charge in [0.1, 0.15) is 18.0 Å². The summed E-state index contributed by atoms with van der Waals surface area (Å²) >= 11 is 0. The van der Waals surface area contributed by atoms with Crippen molar-refractivity contribution in [2.75, 3.05) is 37.8 Å². The molecule has 6 heteroatoms. The van der Waals surface area contributed by atoms with Gasteiger partial charge in [-0.05, 0) is 13.3 Å². The minimum absolute atomic E-state index is 0.0145. The topological polar surface area (TPSA) is 70.1 Å². The molecule has 1 aromatic rings. The lowest BCUT2D eigenvalue weighted by atomic mass is 10.2. The van der Waals surface area contributed by atoms with Crippen LogP contribution >= 0.6 is 0 Å². The van der Waals surface area contributed by atoms with Crippen LogP contribution in [-0.2, 0) is 11.2 Å². The summed E-state index contributed by atoms with van der Waals surface area (Å²) in [5.74, 6) is 1.56. The van der Waals surface area contributed by atoms with Crippen molar-refractivity contribution in [3.05, 3.63) is 11.9 Å². The molecular formula is C12H21N5O. The third kappa shape index (κ3) is 3.58. The summed E-state index contributed by atoms with van der Waals surface area (Å²) in [6.07, 6.45) is 2.31. The van der Waals surface area contributed by atoms with Crippen LogP contribution in [0.5, 0.6) is 0 Å². The second kappa shape index (κ2) is 6.78. The molecule has 0 fully saturated rings. The van der Waals surface area contributed by atoms with E-state index in [1.165, 1.54) is 6.33 Å². The Hall–Kier alpha value is -1.85. The first-order valence-corrected chi connectivity index (χ1v) is 6.11. The van der Waals surface area contributed by atoms with Crippen LogP contribution in [0, 0.1) is 0 Å². The molecule has 100 valence electrons. The zero-order valence-electron chi connectivity index (χ0n) is 11.4. The quantitative estimate of drug-likeness (QED) is 0.788. The van der Waals surface area contributed by atoms with Gasteiger partial charge in [-0.25, -0.2) is 9.97 Å². The van der Waals surface area contributed by atoms with Crippen molar-refractivity contribution >= 4 is 17.5 Å². The molecular weight excluding hydrogens is 230 g/mol. The van der Waals surface area contributed by atoms with E-state index < -0.39 is 0 Å². The first kappa shape index (κ1) is 14.2. The number of hydrogen-bond donors (Lipinski definition) is 2. The maximum atomic E-state index is 11.5. The molecule has 0 aliphatic carbocycles. The normalized spacial score (nSPS) is 10.0. The predicted molar refractivity (Wildman–Crippen MR) is 72.8 cm³/mol. The second-order valence-electron chi connectivity index (χ2n) is 4.08. The first-order valence-electron chi connectivity index (χ1n) is 6.11. The maximum absolute atomic E-state index is 11.5. The van der Waals surface area contributed by atoms with Crippen molar-refractivity contribution in [2.45, 2.75) is 20.3 Å². The molecule has 1 heterocycles. The molecule has 0 radical (unpaired) electrons. The van der Waals surface area contributed by atoms with E-state index in [0.29, 0.717) is 0 Å². The Kier molecular flexibility index (Phi) is 5.35. The van der Waals surface area contributed by atoms with Crippen molar-refractivity contribution in [3.8, 4) is 0 Å². The van der Waals surface area contributed by atoms with Gasteiger partial charge in [-0.3, -0.25) is 4.79 Å². The summed E-state index contributed by atoms with van der Waals surface area (Å²) in [4.78, 5) is 21.5. The van der Waals surface area contributed by atoms with E-state index >= 15 is 0 Å². The number of rotatable bonds is 6. The van der Waals surface area contributed by atoms with E-state index in [-0.39, 0.29) is 12.5 Å². The van der Waals surface area contributed by atoms with Gasteiger partial charge in [0.15, 0.2) is 0 Å². The first-order chi connectivity index (χ1) is 8.60. The Morgan fingerprint density at radius 3 is 2.33 bits per heavy atom. The minimum atomic E-state index is 0.0145. The number of hydrogen-bond acceptors (Lipinski definition) is 5. The van der Waals surface area contributed by atoms with Gasteiger partial charge in [0, 0.05) is 26.2 Å². The molecule has 0 aromatic carbocycles. The molecule has 6 nitrogen and oxygen atoms in total. The van der Waals surface area contributed by atoms with E-state index in [4.69, 9.17) is 0 Å². The molecule has 1 rings (SSSR count). The molecule has 1 aromatic heterocycles. The van der Waals surface area contributed by atoms with Gasteiger partial charge in [0.2, 0.25) is 5.91 Å². The summed E-state index contributed by atoms with van der Waals surface area (Å²) in [6, 6.07) is 0. The van der Waals surface area contributed by atoms with Crippen molar-refractivity contribution in [3.63, 3.8) is 0 Å². The zero-order chi connectivity index (χ0) is 13.5. The van der Waals surface area contributed by atoms with Crippen molar-refractivity contribution < 1.29 is 4.79 Å². The second-order valence-corrected chi connectivity index (χ2v) is 4.08. The third-order valence-electron chi connectivity index (χ3n) is 2.55. The van der Waals surface area contributed by atoms with Crippen LogP contribution in [0.4, 0.5) is 11.6 Å². The number of amides is 1. The fourth-order valence-electron chi connectivity index (χ4n) is 1.54. The SMILES string of the molecule is CCNc1ncnc(NCC(=O)N(C)C)c1CC. The Labute approximate surface area is 108 Å². The summed E-state index contributed by atoms with van der Waals surface area (Å²) < 4.78 is 0. The van der Waals surface area contributed by atoms with E-state index in [1.54, 1.807) is 19.0 Å². The molecule has 0 aliphatic rings. The van der Waals surface area contributed by atoms with Crippen molar-refractivity contribution in [1.82, 2.24) is 14.9 Å². The van der Waals surface area contributed by atoms with Gasteiger partial charge >= 0.3 is 0 Å². The van der Waals surface area contributed by atoms with E-state index in [1.807, 2.05) is 13.8 Å². The van der Waals surface area contributed by atoms with Crippen molar-refractivity contribution in [2.24, 2.45) is 0 Å². The van der Waals surface area contributed by atoms with E-state index in [2.05, 4.69) is 20.6 Å². The van der Waals surface area contributed by atoms with Gasteiger partial charge in [0.05, 0.1) is 6.54 Å². The van der Waals surface area contributed by atoms with Crippen LogP contribution in [-0.4, -0.2) is 48.0 Å². The summed E-state index contributed by atoms with van der Waals surface area (Å²) in [5.41, 5.74) is 1.01. The van der Waals surface area contributed by atoms with Gasteiger partial charge < -0.3 is 15.5 Å². The van der Waals surface area contributed by atoms with Gasteiger partial charge in [0.25, 0.3) is 0 Å². The number of carbonyl (C=O) groups excluding carboxylic acids is 1. The Bertz CT molecular complexity index is 405. The van der Waals surface area contributed by atoms with Crippen LogP contribution in [0.15, 0.2) is 6.33 Å². The molecule has 0 unspecified atom stereocenters. The van der Waals surface area contributed by atoms with E-state index in [9.17, 15) is 4.79 Å². The number of carbonyl (C=O) groups is 1. The predicted octanol–water partition coefficient (Wildman–Crippen LogP) is 0.971. The largest absolute Gasteiger partial charge is 0.370 e. The highest BCUT2D eigenvalue weighted by Gasteiger charge is 2.10. The van der Waals surface area contributed by atoms with E-state index in [0.717, 1.165) is 30.2 Å². The third-order valence-corrected chi connectivity index (χ3v) is 2.55. The van der Waals surface area contributed by atoms with Crippen LogP contribution < -0.4 is 10.6 Å². The summed E-state index contributed by atoms with van der Waals surface area (Å²) in [6.45, 7) is 5.10. The lowest BCUT2D eigenvalue weighted by Gasteiger charge is -2.15. The standard InChI is InChI=1S/C12H21N5O/c1-5-9-11(13-6-2)15-8-16-12(9)14-7-10(18)17(3)4/h8H,5-7H2,1-4H3,(H2,13,14,15,16). The van der Waals surface area contributed by atoms with Gasteiger partial charge in [-0.2, -0.15) is 0 Å². The number of anilines is 2. The lowest BCUT2D eigenvalue weighted by Crippen LogP contribution is -2.29. The zero-order valence-corrected chi connectivity index (χ0v) is 11.4. The van der Waals surface area contributed by atoms with Crippen LogP contribution in [0.3, 0.4) is 0 Å². The number of aromatic nitrogens is 2. The highest BCUT2D eigenvalue weighted by Crippen LogP contribution is 2.19. The minimum Gasteiger partial charge on any atom is -0.370 e. The summed E-state index contributed by atoms with van der Waals surface area (Å²) in [5, 5.41) is 6.25. The summed E-state index contributed by atoms with van der Waals surface area (Å²) in [7, 11) is 3.46. The number of nitrogens with one attached hydrogen (secondary N) is 2. The smallest absolute Gasteiger partial charge is 0.241 e. The van der Waals surface area contributed by atoms with Crippen molar-refractivity contribution in [1.29, 1.82) is 0 Å². The monoisotopic (exact) mass is 251 g/mol. The van der Waals surface area contributed by atoms with Crippen LogP contribution in [0.2, 0.25) is 0 Å². The average Bonchev–Trinajstić information content (AvgIpc) is 2.36. The Balaban J connectivity index is 2.81. The molecule has 0 atom stereocenters. The fourth-order valence-corrected chi connectivity index (χ4v) is 1.54. The number of likely N-dealkylation sites (N-methyl/N-ethyl adjacent to an activating group) is 1. The Morgan fingerprint density at radius 1 is 1.22 bits per heavy atom. The highest BCUT2D eigenvalue weighted by atomic mass is 16.2. The molecule has 0 saturated heterocycles. The van der Waals surface area contributed by atoms with Crippen LogP contribution in [0.1, 0.15) is 19.4 Å². The van der Waals surface area contributed by atoms with Crippen LogP contribution in [0.25, 0.3) is 0 Å². The maximum Gasteiger partial charge on any atom is 0.241 e. The average molecular weight is 251 g/mol. The molecule has 0 bridgehead atoms. The molecule has 0 spiro atoms. The lowest BCUT2D eigenvalue weighted by molar-refractivity contribution is -0.126.